The van der Waals surface area contributed by atoms with Gasteiger partial charge in [-0.25, -0.2) is 33.4 Å². The van der Waals surface area contributed by atoms with E-state index in [1.807, 2.05) is 0 Å². The molecule has 0 unspecified atom stereocenters. The van der Waals surface area contributed by atoms with Crippen molar-refractivity contribution in [2.45, 2.75) is 53.3 Å². The van der Waals surface area contributed by atoms with Crippen LogP contribution in [0.15, 0.2) is 382 Å². The number of benzene rings is 18. The molecule has 3 heteroatoms. The van der Waals surface area contributed by atoms with Gasteiger partial charge in [0.15, 0.2) is 0 Å². The molecular weight excluding hydrogens is 1670 g/mol. The maximum absolute atomic E-state index is 3.82. The van der Waals surface area contributed by atoms with E-state index in [1.165, 1.54) is 189 Å². The summed E-state index contributed by atoms with van der Waals surface area (Å²) in [5.41, 5.74) is 47.8. The van der Waals surface area contributed by atoms with E-state index in [9.17, 15) is 0 Å². The molecule has 120 heavy (non-hydrogen) atoms. The van der Waals surface area contributed by atoms with Crippen LogP contribution in [-0.4, -0.2) is 0 Å². The van der Waals surface area contributed by atoms with Crippen LogP contribution in [0.3, 0.4) is 0 Å². The Balaban J connectivity index is 0.000000107. The summed E-state index contributed by atoms with van der Waals surface area (Å²) < 4.78 is 0. The van der Waals surface area contributed by atoms with E-state index in [4.69, 9.17) is 0 Å². The van der Waals surface area contributed by atoms with E-state index < -0.39 is 32.5 Å². The predicted molar refractivity (Wildman–Crippen MR) is 473 cm³/mol. The number of hydrogen-bond donors (Lipinski definition) is 0. The molecule has 3 radical (unpaired) electrons. The summed E-state index contributed by atoms with van der Waals surface area (Å²) in [6, 6.07) is 165. The maximum atomic E-state index is 3.82. The summed E-state index contributed by atoms with van der Waals surface area (Å²) in [4.78, 5) is 0. The van der Waals surface area contributed by atoms with Gasteiger partial charge >= 0.3 is 0 Å². The fourth-order valence-electron chi connectivity index (χ4n) is 25.1. The minimum atomic E-state index is -0.484. The van der Waals surface area contributed by atoms with E-state index >= 15 is 0 Å². The number of aryl methyl sites for hydroxylation is 3. The van der Waals surface area contributed by atoms with Gasteiger partial charge in [-0.3, -0.25) is 0 Å². The Morgan fingerprint density at radius 1 is 0.183 bits per heavy atom. The second kappa shape index (κ2) is 27.9. The van der Waals surface area contributed by atoms with Crippen molar-refractivity contribution in [3.05, 3.63) is 535 Å². The molecule has 0 saturated carbocycles. The standard InChI is InChI=1S/3C39H24.3Y/c1-25-13-12-19-31-30-18-6-9-22-34(30)38-32-20-7-2-14-26(32)28-16-4-10-23-35(28)39(38,37(25)31)36-24-11-5-17-29(36)27-15-3-8-21-33(27)38;1-25-22-23-31-30-16-6-9-19-34(30)38-32-17-7-2-12-26(32)28-14-4-10-20-35(28)39(38,37(31)24-25)36-21-11-5-15-29(36)27-13-3-8-18-33(27)38;1-25-22-23-37-31(24-25)30-16-6-11-21-36(30)38-32-17-7-2-12-26(32)28-14-4-9-19-34(28)39(37,38)35-20-10-5-15-29(35)27-13-3-8-18-33(27)38;;;/h2-17,20-24H,1H3;2-15,17-22,24H,1H3;2-15,17-23H,1H3;;;/q3*-2;;;. The number of rotatable bonds is 0. The third-order valence-electron chi connectivity index (χ3n) is 28.5. The zero-order valence-corrected chi connectivity index (χ0v) is 75.1. The van der Waals surface area contributed by atoms with E-state index in [0.717, 1.165) is 27.8 Å². The van der Waals surface area contributed by atoms with Crippen LogP contribution in [0.25, 0.3) is 100 Å². The van der Waals surface area contributed by atoms with Gasteiger partial charge in [-0.1, -0.05) is 312 Å². The van der Waals surface area contributed by atoms with Gasteiger partial charge in [0.1, 0.15) is 0 Å². The van der Waals surface area contributed by atoms with Gasteiger partial charge < -0.3 is 0 Å². The topological polar surface area (TPSA) is 0 Å². The van der Waals surface area contributed by atoms with Crippen molar-refractivity contribution in [3.63, 3.8) is 0 Å². The molecule has 0 saturated heterocycles. The van der Waals surface area contributed by atoms with Crippen LogP contribution in [0.1, 0.15) is 117 Å². The van der Waals surface area contributed by atoms with Gasteiger partial charge in [0, 0.05) is 131 Å². The molecule has 27 rings (SSSR count). The molecule has 0 aromatic heterocycles. The second-order valence-corrected chi connectivity index (χ2v) is 33.2. The normalized spacial score (nSPS) is 20.1. The summed E-state index contributed by atoms with van der Waals surface area (Å²) in [6.45, 7) is 6.63. The molecule has 0 atom stereocenters. The molecule has 0 N–H and O–H groups in total. The largest absolute Gasteiger partial charge is 0.222 e. The van der Waals surface area contributed by atoms with Crippen molar-refractivity contribution < 1.29 is 98.1 Å². The third-order valence-corrected chi connectivity index (χ3v) is 28.5. The first-order valence-corrected chi connectivity index (χ1v) is 41.1. The average Bonchev–Trinajstić information content (AvgIpc) is 0.647. The molecule has 9 aliphatic rings. The molecule has 555 valence electrons. The van der Waals surface area contributed by atoms with E-state index in [1.54, 1.807) is 0 Å². The Labute approximate surface area is 778 Å². The molecule has 0 aliphatic heterocycles. The molecule has 0 nitrogen and oxygen atoms in total. The minimum absolute atomic E-state index is 0. The minimum Gasteiger partial charge on any atom is -0.222 e. The van der Waals surface area contributed by atoms with E-state index in [2.05, 4.69) is 439 Å². The Morgan fingerprint density at radius 2 is 0.408 bits per heavy atom. The maximum Gasteiger partial charge on any atom is 0.0139 e. The van der Waals surface area contributed by atoms with E-state index in [0.29, 0.717) is 0 Å². The van der Waals surface area contributed by atoms with Crippen LogP contribution >= 0.6 is 0 Å². The van der Waals surface area contributed by atoms with Gasteiger partial charge in [0.2, 0.25) is 0 Å². The van der Waals surface area contributed by atoms with Crippen molar-refractivity contribution in [2.24, 2.45) is 0 Å². The first kappa shape index (κ1) is 75.5. The van der Waals surface area contributed by atoms with Gasteiger partial charge in [-0.15, -0.1) is 77.4 Å². The smallest absolute Gasteiger partial charge is 0.0139 e. The Kier molecular flexibility index (Phi) is 17.6. The van der Waals surface area contributed by atoms with Crippen molar-refractivity contribution in [2.75, 3.05) is 0 Å². The van der Waals surface area contributed by atoms with Crippen LogP contribution in [0.2, 0.25) is 0 Å². The first-order valence-electron chi connectivity index (χ1n) is 41.1. The predicted octanol–water partition coefficient (Wildman–Crippen LogP) is 26.7. The summed E-state index contributed by atoms with van der Waals surface area (Å²) in [7, 11) is 0. The quantitative estimate of drug-likeness (QED) is 0.133. The average molecular weight is 1740 g/mol. The van der Waals surface area contributed by atoms with E-state index in [-0.39, 0.29) is 98.1 Å². The van der Waals surface area contributed by atoms with Crippen LogP contribution in [0.4, 0.5) is 0 Å². The SMILES string of the molecule is Cc1[c-]c2c(cc1)C13c4ccccc4-c4ccccc4C1(c1ccc[c-]c1-2)c1ccccc1-c1ccccc13.Cc1c[c-]c2c(c1)C13c4ccccc4-c4ccccc4C1(c1ccc[c-]c1-2)c1ccccc1-c1ccccc13.Cc1cc[c-]c2c1C13c4ccccc4-c4ccccc4C1(c1ccc[c-]c1-2)c1ccccc1-c1ccccc13.[Y].[Y].[Y]. The monoisotopic (exact) mass is 1740 g/mol. The van der Waals surface area contributed by atoms with Gasteiger partial charge in [-0.05, 0) is 134 Å². The molecule has 18 aromatic carbocycles. The number of fused-ring (bicyclic) bond motifs is 27. The molecule has 0 spiro atoms. The Hall–Kier alpha value is -10.7. The molecule has 0 bridgehead atoms. The van der Waals surface area contributed by atoms with Gasteiger partial charge in [0.25, 0.3) is 0 Å². The first-order chi connectivity index (χ1) is 57.8. The molecule has 9 aliphatic carbocycles. The molecule has 0 heterocycles. The van der Waals surface area contributed by atoms with Crippen molar-refractivity contribution in [1.29, 1.82) is 0 Å². The fraction of sp³-hybridized carbons (Fsp3) is 0.0769. The fourth-order valence-corrected chi connectivity index (χ4v) is 25.1. The second-order valence-electron chi connectivity index (χ2n) is 33.2. The summed E-state index contributed by atoms with van der Waals surface area (Å²) >= 11 is 0. The third kappa shape index (κ3) is 9.08. The zero-order chi connectivity index (χ0) is 77.3. The molecule has 0 fully saturated rings. The van der Waals surface area contributed by atoms with Crippen LogP contribution < -0.4 is 0 Å². The van der Waals surface area contributed by atoms with Crippen LogP contribution in [0.5, 0.6) is 0 Å². The zero-order valence-electron chi connectivity index (χ0n) is 66.6. The van der Waals surface area contributed by atoms with Crippen LogP contribution in [0, 0.1) is 57.2 Å². The molecule has 18 aromatic rings. The Bertz CT molecular complexity index is 7050. The molecular formula is C117H72Y3-6. The van der Waals surface area contributed by atoms with Gasteiger partial charge in [0.05, 0.1) is 0 Å². The number of hydrogen-bond acceptors (Lipinski definition) is 0. The summed E-state index contributed by atoms with van der Waals surface area (Å²) in [5, 5.41) is 0. The summed E-state index contributed by atoms with van der Waals surface area (Å²) in [5.74, 6) is 0. The van der Waals surface area contributed by atoms with Crippen LogP contribution in [-0.2, 0) is 131 Å². The van der Waals surface area contributed by atoms with Crippen molar-refractivity contribution in [1.82, 2.24) is 0 Å². The molecule has 0 amide bonds. The summed E-state index contributed by atoms with van der Waals surface area (Å²) in [6.07, 6.45) is 0. The Morgan fingerprint density at radius 3 is 0.717 bits per heavy atom. The van der Waals surface area contributed by atoms with Crippen molar-refractivity contribution in [3.8, 4) is 100 Å². The van der Waals surface area contributed by atoms with Crippen molar-refractivity contribution >= 4 is 0 Å². The van der Waals surface area contributed by atoms with Gasteiger partial charge in [-0.2, -0.15) is 100 Å².